The molecule has 164 valence electrons. The summed E-state index contributed by atoms with van der Waals surface area (Å²) in [7, 11) is 1.56. The van der Waals surface area contributed by atoms with Crippen molar-refractivity contribution >= 4 is 22.9 Å². The molecule has 3 aromatic rings. The predicted molar refractivity (Wildman–Crippen MR) is 128 cm³/mol. The summed E-state index contributed by atoms with van der Waals surface area (Å²) in [5.41, 5.74) is 4.31. The number of nitrogens with one attached hydrogen (secondary N) is 1. The Hall–Kier alpha value is -4.06. The Morgan fingerprint density at radius 3 is 2.59 bits per heavy atom. The van der Waals surface area contributed by atoms with Crippen LogP contribution in [-0.2, 0) is 11.2 Å². The lowest BCUT2D eigenvalue weighted by Crippen LogP contribution is -2.24. The summed E-state index contributed by atoms with van der Waals surface area (Å²) < 4.78 is 16.7. The molecule has 0 heterocycles. The zero-order chi connectivity index (χ0) is 22.8. The normalized spacial score (nSPS) is 10.7. The molecule has 3 rings (SSSR count). The van der Waals surface area contributed by atoms with Gasteiger partial charge in [0, 0.05) is 5.56 Å². The first-order chi connectivity index (χ1) is 15.7. The lowest BCUT2D eigenvalue weighted by molar-refractivity contribution is -0.123. The second-order valence-corrected chi connectivity index (χ2v) is 6.86. The molecule has 0 saturated heterocycles. The second-order valence-electron chi connectivity index (χ2n) is 6.86. The van der Waals surface area contributed by atoms with Crippen LogP contribution in [0.3, 0.4) is 0 Å². The molecule has 0 bridgehead atoms. The molecule has 6 heteroatoms. The summed E-state index contributed by atoms with van der Waals surface area (Å²) in [5, 5.41) is 6.11. The van der Waals surface area contributed by atoms with Crippen LogP contribution in [0, 0.1) is 0 Å². The first-order valence-corrected chi connectivity index (χ1v) is 10.1. The summed E-state index contributed by atoms with van der Waals surface area (Å²) >= 11 is 0. The number of hydrogen-bond acceptors (Lipinski definition) is 5. The van der Waals surface area contributed by atoms with Crippen LogP contribution in [0.4, 0.5) is 0 Å². The van der Waals surface area contributed by atoms with Crippen LogP contribution in [0.2, 0.25) is 0 Å². The second kappa shape index (κ2) is 11.4. The number of carbonyl (C=O) groups is 1. The van der Waals surface area contributed by atoms with Crippen LogP contribution in [-0.4, -0.2) is 32.4 Å². The molecule has 0 aliphatic heterocycles. The third-order valence-electron chi connectivity index (χ3n) is 4.64. The average molecular weight is 431 g/mol. The van der Waals surface area contributed by atoms with Gasteiger partial charge in [-0.05, 0) is 41.0 Å². The van der Waals surface area contributed by atoms with Gasteiger partial charge in [-0.25, -0.2) is 5.43 Å². The van der Waals surface area contributed by atoms with Crippen LogP contribution in [0.15, 0.2) is 85.0 Å². The number of allylic oxidation sites excluding steroid dienone is 1. The first-order valence-electron chi connectivity index (χ1n) is 10.1. The monoisotopic (exact) mass is 430 g/mol. The zero-order valence-corrected chi connectivity index (χ0v) is 18.0. The Bertz CT molecular complexity index is 1140. The molecule has 0 atom stereocenters. The number of ether oxygens (including phenoxy) is 3. The Morgan fingerprint density at radius 2 is 1.81 bits per heavy atom. The van der Waals surface area contributed by atoms with Gasteiger partial charge in [-0.2, -0.15) is 5.10 Å². The third-order valence-corrected chi connectivity index (χ3v) is 4.64. The maximum absolute atomic E-state index is 12.2. The van der Waals surface area contributed by atoms with Crippen molar-refractivity contribution in [2.75, 3.05) is 20.3 Å². The number of carbonyl (C=O) groups excluding carboxylic acids is 1. The summed E-state index contributed by atoms with van der Waals surface area (Å²) in [4.78, 5) is 12.2. The van der Waals surface area contributed by atoms with E-state index in [0.29, 0.717) is 23.9 Å². The van der Waals surface area contributed by atoms with E-state index in [1.165, 1.54) is 0 Å². The van der Waals surface area contributed by atoms with E-state index < -0.39 is 5.91 Å². The molecule has 32 heavy (non-hydrogen) atoms. The molecule has 0 radical (unpaired) electrons. The van der Waals surface area contributed by atoms with Gasteiger partial charge in [-0.3, -0.25) is 4.79 Å². The minimum Gasteiger partial charge on any atom is -0.493 e. The summed E-state index contributed by atoms with van der Waals surface area (Å²) in [6.45, 7) is 7.58. The highest BCUT2D eigenvalue weighted by atomic mass is 16.5. The van der Waals surface area contributed by atoms with Gasteiger partial charge in [0.1, 0.15) is 12.4 Å². The molecule has 1 N–H and O–H groups in total. The molecule has 0 fully saturated rings. The first kappa shape index (κ1) is 22.6. The molecule has 0 saturated carbocycles. The highest BCUT2D eigenvalue weighted by Crippen LogP contribution is 2.28. The van der Waals surface area contributed by atoms with Crippen molar-refractivity contribution in [1.82, 2.24) is 5.43 Å². The number of benzene rings is 3. The van der Waals surface area contributed by atoms with Crippen molar-refractivity contribution < 1.29 is 19.0 Å². The van der Waals surface area contributed by atoms with Crippen molar-refractivity contribution in [2.45, 2.75) is 6.42 Å². The van der Waals surface area contributed by atoms with E-state index in [4.69, 9.17) is 14.2 Å². The third kappa shape index (κ3) is 5.76. The molecule has 0 aliphatic rings. The van der Waals surface area contributed by atoms with Crippen molar-refractivity contribution in [2.24, 2.45) is 5.10 Å². The zero-order valence-electron chi connectivity index (χ0n) is 18.0. The maximum Gasteiger partial charge on any atom is 0.277 e. The smallest absolute Gasteiger partial charge is 0.277 e. The Kier molecular flexibility index (Phi) is 8.03. The number of fused-ring (bicyclic) bond motifs is 1. The minimum atomic E-state index is -0.396. The van der Waals surface area contributed by atoms with Gasteiger partial charge < -0.3 is 14.2 Å². The van der Waals surface area contributed by atoms with Crippen LogP contribution in [0.25, 0.3) is 10.8 Å². The molecule has 0 spiro atoms. The fourth-order valence-corrected chi connectivity index (χ4v) is 3.15. The molecule has 0 aromatic heterocycles. The topological polar surface area (TPSA) is 69.2 Å². The maximum atomic E-state index is 12.2. The Labute approximate surface area is 187 Å². The quantitative estimate of drug-likeness (QED) is 0.273. The molecular formula is C26H26N2O4. The summed E-state index contributed by atoms with van der Waals surface area (Å²) in [5.74, 6) is 1.29. The van der Waals surface area contributed by atoms with E-state index in [-0.39, 0.29) is 6.61 Å². The van der Waals surface area contributed by atoms with Crippen LogP contribution >= 0.6 is 0 Å². The van der Waals surface area contributed by atoms with E-state index in [1.807, 2.05) is 54.6 Å². The number of nitrogens with zero attached hydrogens (tertiary/aromatic N) is 1. The molecule has 0 aliphatic carbocycles. The van der Waals surface area contributed by atoms with E-state index in [2.05, 4.69) is 23.7 Å². The molecular weight excluding hydrogens is 404 g/mol. The largest absolute Gasteiger partial charge is 0.493 e. The number of methoxy groups -OCH3 is 1. The number of rotatable bonds is 11. The van der Waals surface area contributed by atoms with E-state index in [0.717, 1.165) is 28.3 Å². The van der Waals surface area contributed by atoms with Gasteiger partial charge >= 0.3 is 0 Å². The summed E-state index contributed by atoms with van der Waals surface area (Å²) in [6.07, 6.45) is 5.78. The number of amides is 1. The Morgan fingerprint density at radius 1 is 1.00 bits per heavy atom. The van der Waals surface area contributed by atoms with Gasteiger partial charge in [0.25, 0.3) is 5.91 Å². The number of hydrazone groups is 1. The fourth-order valence-electron chi connectivity index (χ4n) is 3.15. The van der Waals surface area contributed by atoms with Gasteiger partial charge in [-0.15, -0.1) is 6.58 Å². The van der Waals surface area contributed by atoms with Gasteiger partial charge in [0.05, 0.1) is 13.3 Å². The SMILES string of the molecule is C=CCOc1ccc2ccccc2c1C=NNC(=O)COc1ccc(CC=C)cc1OC. The number of hydrogen-bond donors (Lipinski definition) is 1. The highest BCUT2D eigenvalue weighted by Gasteiger charge is 2.09. The van der Waals surface area contributed by atoms with Crippen LogP contribution in [0.1, 0.15) is 11.1 Å². The van der Waals surface area contributed by atoms with Gasteiger partial charge in [0.2, 0.25) is 0 Å². The van der Waals surface area contributed by atoms with Crippen LogP contribution < -0.4 is 19.6 Å². The van der Waals surface area contributed by atoms with Crippen molar-refractivity contribution in [3.8, 4) is 17.2 Å². The van der Waals surface area contributed by atoms with E-state index in [1.54, 1.807) is 25.5 Å². The van der Waals surface area contributed by atoms with E-state index >= 15 is 0 Å². The van der Waals surface area contributed by atoms with Gasteiger partial charge in [0.15, 0.2) is 18.1 Å². The predicted octanol–water partition coefficient (Wildman–Crippen LogP) is 4.67. The van der Waals surface area contributed by atoms with Crippen molar-refractivity contribution in [1.29, 1.82) is 0 Å². The minimum absolute atomic E-state index is 0.205. The van der Waals surface area contributed by atoms with Crippen molar-refractivity contribution in [3.63, 3.8) is 0 Å². The standard InChI is InChI=1S/C26H26N2O4/c1-4-8-19-11-13-24(25(16-19)30-3)32-18-26(29)28-27-17-22-21-10-7-6-9-20(21)12-14-23(22)31-15-5-2/h4-7,9-14,16-17H,1-2,8,15,18H2,3H3,(H,28,29). The van der Waals surface area contributed by atoms with Crippen molar-refractivity contribution in [3.05, 3.63) is 91.0 Å². The fraction of sp³-hybridized carbons (Fsp3) is 0.154. The highest BCUT2D eigenvalue weighted by molar-refractivity contribution is 6.02. The molecule has 1 amide bonds. The average Bonchev–Trinajstić information content (AvgIpc) is 2.82. The summed E-state index contributed by atoms with van der Waals surface area (Å²) in [6, 6.07) is 17.3. The molecule has 3 aromatic carbocycles. The molecule has 0 unspecified atom stereocenters. The lowest BCUT2D eigenvalue weighted by Gasteiger charge is -2.11. The van der Waals surface area contributed by atoms with E-state index in [9.17, 15) is 4.79 Å². The van der Waals surface area contributed by atoms with Gasteiger partial charge in [-0.1, -0.05) is 55.1 Å². The van der Waals surface area contributed by atoms with Crippen LogP contribution in [0.5, 0.6) is 17.2 Å². The Balaban J connectivity index is 1.67. The molecule has 6 nitrogen and oxygen atoms in total. The lowest BCUT2D eigenvalue weighted by atomic mass is 10.0.